The fourth-order valence-electron chi connectivity index (χ4n) is 3.23. The Morgan fingerprint density at radius 3 is 2.87 bits per heavy atom. The molecule has 0 amide bonds. The van der Waals surface area contributed by atoms with Crippen molar-refractivity contribution in [3.8, 4) is 0 Å². The van der Waals surface area contributed by atoms with Gasteiger partial charge in [0.05, 0.1) is 6.04 Å². The molecular formula is C11H21N3O. The number of hydrogen-bond acceptors (Lipinski definition) is 3. The standard InChI is InChI=1S/C11H21N3O/c1-8(11(12)13-15)14-7-3-5-9-4-2-6-10(9)14/h8-10,15H,2-7H2,1H3,(H2,12,13). The van der Waals surface area contributed by atoms with E-state index in [1.165, 1.54) is 32.1 Å². The summed E-state index contributed by atoms with van der Waals surface area (Å²) in [4.78, 5) is 2.43. The first-order chi connectivity index (χ1) is 7.24. The monoisotopic (exact) mass is 211 g/mol. The maximum atomic E-state index is 8.71. The predicted molar refractivity (Wildman–Crippen MR) is 59.9 cm³/mol. The van der Waals surface area contributed by atoms with Crippen LogP contribution < -0.4 is 5.73 Å². The summed E-state index contributed by atoms with van der Waals surface area (Å²) >= 11 is 0. The van der Waals surface area contributed by atoms with Crippen molar-refractivity contribution < 1.29 is 5.21 Å². The highest BCUT2D eigenvalue weighted by atomic mass is 16.4. The van der Waals surface area contributed by atoms with Gasteiger partial charge < -0.3 is 10.9 Å². The SMILES string of the molecule is CC(C(N)=NO)N1CCCC2CCCC21. The van der Waals surface area contributed by atoms with Gasteiger partial charge in [-0.15, -0.1) is 0 Å². The lowest BCUT2D eigenvalue weighted by atomic mass is 9.91. The normalized spacial score (nSPS) is 35.1. The summed E-state index contributed by atoms with van der Waals surface area (Å²) in [6, 6.07) is 0.759. The average Bonchev–Trinajstić information content (AvgIpc) is 2.74. The van der Waals surface area contributed by atoms with E-state index in [4.69, 9.17) is 10.9 Å². The van der Waals surface area contributed by atoms with Crippen LogP contribution in [0.25, 0.3) is 0 Å². The molecule has 4 nitrogen and oxygen atoms in total. The second-order valence-corrected chi connectivity index (χ2v) is 4.84. The van der Waals surface area contributed by atoms with Crippen LogP contribution in [0.1, 0.15) is 39.0 Å². The maximum Gasteiger partial charge on any atom is 0.156 e. The number of fused-ring (bicyclic) bond motifs is 1. The van der Waals surface area contributed by atoms with E-state index in [2.05, 4.69) is 10.1 Å². The molecule has 0 bridgehead atoms. The number of oxime groups is 1. The Kier molecular flexibility index (Phi) is 3.14. The summed E-state index contributed by atoms with van der Waals surface area (Å²) in [6.07, 6.45) is 6.61. The Balaban J connectivity index is 2.07. The van der Waals surface area contributed by atoms with Gasteiger partial charge >= 0.3 is 0 Å². The number of amidine groups is 1. The van der Waals surface area contributed by atoms with Crippen LogP contribution in [0.15, 0.2) is 5.16 Å². The van der Waals surface area contributed by atoms with Crippen LogP contribution in [0, 0.1) is 5.92 Å². The summed E-state index contributed by atoms with van der Waals surface area (Å²) < 4.78 is 0. The highest BCUT2D eigenvalue weighted by molar-refractivity contribution is 5.84. The van der Waals surface area contributed by atoms with E-state index < -0.39 is 0 Å². The molecule has 1 aliphatic carbocycles. The molecule has 1 saturated heterocycles. The molecule has 15 heavy (non-hydrogen) atoms. The fraction of sp³-hybridized carbons (Fsp3) is 0.909. The topological polar surface area (TPSA) is 61.9 Å². The Morgan fingerprint density at radius 2 is 2.13 bits per heavy atom. The molecule has 3 N–H and O–H groups in total. The van der Waals surface area contributed by atoms with Crippen molar-refractivity contribution in [2.45, 2.75) is 51.1 Å². The first-order valence-corrected chi connectivity index (χ1v) is 5.97. The molecule has 86 valence electrons. The van der Waals surface area contributed by atoms with Crippen molar-refractivity contribution >= 4 is 5.84 Å². The zero-order valence-electron chi connectivity index (χ0n) is 9.39. The second kappa shape index (κ2) is 4.39. The number of nitrogens with two attached hydrogens (primary N) is 1. The molecule has 0 aromatic rings. The lowest BCUT2D eigenvalue weighted by Gasteiger charge is -2.41. The van der Waals surface area contributed by atoms with Gasteiger partial charge in [0.1, 0.15) is 0 Å². The minimum Gasteiger partial charge on any atom is -0.409 e. The highest BCUT2D eigenvalue weighted by Gasteiger charge is 2.37. The van der Waals surface area contributed by atoms with E-state index in [0.717, 1.165) is 12.5 Å². The van der Waals surface area contributed by atoms with Crippen molar-refractivity contribution in [1.29, 1.82) is 0 Å². The van der Waals surface area contributed by atoms with Gasteiger partial charge in [0.25, 0.3) is 0 Å². The summed E-state index contributed by atoms with van der Waals surface area (Å²) in [6.45, 7) is 3.13. The van der Waals surface area contributed by atoms with E-state index >= 15 is 0 Å². The molecule has 0 spiro atoms. The van der Waals surface area contributed by atoms with Crippen molar-refractivity contribution in [3.05, 3.63) is 0 Å². The van der Waals surface area contributed by atoms with Gasteiger partial charge in [0.2, 0.25) is 0 Å². The molecular weight excluding hydrogens is 190 g/mol. The van der Waals surface area contributed by atoms with Crippen LogP contribution in [0.5, 0.6) is 0 Å². The number of nitrogens with zero attached hydrogens (tertiary/aromatic N) is 2. The van der Waals surface area contributed by atoms with Crippen LogP contribution in [-0.2, 0) is 0 Å². The minimum absolute atomic E-state index is 0.0842. The Bertz CT molecular complexity index is 254. The Morgan fingerprint density at radius 1 is 1.40 bits per heavy atom. The first-order valence-electron chi connectivity index (χ1n) is 5.97. The molecule has 0 aromatic carbocycles. The quantitative estimate of drug-likeness (QED) is 0.314. The first kappa shape index (κ1) is 10.7. The second-order valence-electron chi connectivity index (χ2n) is 4.84. The van der Waals surface area contributed by atoms with Gasteiger partial charge in [-0.2, -0.15) is 0 Å². The summed E-state index contributed by atoms with van der Waals surface area (Å²) in [5.41, 5.74) is 5.69. The Hall–Kier alpha value is -0.770. The predicted octanol–water partition coefficient (Wildman–Crippen LogP) is 1.39. The van der Waals surface area contributed by atoms with E-state index in [1.807, 2.05) is 6.92 Å². The van der Waals surface area contributed by atoms with Crippen LogP contribution in [0.2, 0.25) is 0 Å². The van der Waals surface area contributed by atoms with Crippen molar-refractivity contribution in [3.63, 3.8) is 0 Å². The molecule has 1 saturated carbocycles. The number of piperidine rings is 1. The van der Waals surface area contributed by atoms with E-state index in [9.17, 15) is 0 Å². The minimum atomic E-state index is 0.0842. The zero-order chi connectivity index (χ0) is 10.8. The summed E-state index contributed by atoms with van der Waals surface area (Å²) in [7, 11) is 0. The average molecular weight is 211 g/mol. The molecule has 0 aromatic heterocycles. The van der Waals surface area contributed by atoms with Gasteiger partial charge in [0, 0.05) is 6.04 Å². The van der Waals surface area contributed by atoms with Crippen LogP contribution in [0.3, 0.4) is 0 Å². The van der Waals surface area contributed by atoms with E-state index in [1.54, 1.807) is 0 Å². The third-order valence-corrected chi connectivity index (χ3v) is 4.08. The molecule has 4 heteroatoms. The third kappa shape index (κ3) is 1.95. The van der Waals surface area contributed by atoms with E-state index in [0.29, 0.717) is 11.9 Å². The molecule has 2 fully saturated rings. The summed E-state index contributed by atoms with van der Waals surface area (Å²) in [5, 5.41) is 11.8. The van der Waals surface area contributed by atoms with Gasteiger partial charge in [-0.25, -0.2) is 0 Å². The fourth-order valence-corrected chi connectivity index (χ4v) is 3.23. The smallest absolute Gasteiger partial charge is 0.156 e. The summed E-state index contributed by atoms with van der Waals surface area (Å²) in [5.74, 6) is 1.20. The van der Waals surface area contributed by atoms with Gasteiger partial charge in [-0.3, -0.25) is 4.90 Å². The molecule has 2 rings (SSSR count). The van der Waals surface area contributed by atoms with Gasteiger partial charge in [-0.1, -0.05) is 11.6 Å². The van der Waals surface area contributed by atoms with Crippen LogP contribution >= 0.6 is 0 Å². The number of hydrogen-bond donors (Lipinski definition) is 2. The maximum absolute atomic E-state index is 8.71. The number of rotatable bonds is 2. The van der Waals surface area contributed by atoms with Gasteiger partial charge in [0.15, 0.2) is 5.84 Å². The van der Waals surface area contributed by atoms with Crippen LogP contribution in [-0.4, -0.2) is 34.6 Å². The largest absolute Gasteiger partial charge is 0.409 e. The molecule has 0 radical (unpaired) electrons. The molecule has 2 aliphatic rings. The molecule has 3 unspecified atom stereocenters. The van der Waals surface area contributed by atoms with Crippen molar-refractivity contribution in [1.82, 2.24) is 4.90 Å². The van der Waals surface area contributed by atoms with Crippen molar-refractivity contribution in [2.75, 3.05) is 6.54 Å². The molecule has 1 heterocycles. The van der Waals surface area contributed by atoms with Crippen molar-refractivity contribution in [2.24, 2.45) is 16.8 Å². The number of likely N-dealkylation sites (tertiary alicyclic amines) is 1. The highest BCUT2D eigenvalue weighted by Crippen LogP contribution is 2.37. The van der Waals surface area contributed by atoms with Gasteiger partial charge in [-0.05, 0) is 45.1 Å². The lowest BCUT2D eigenvalue weighted by molar-refractivity contribution is 0.0978. The van der Waals surface area contributed by atoms with E-state index in [-0.39, 0.29) is 6.04 Å². The zero-order valence-corrected chi connectivity index (χ0v) is 9.39. The molecule has 3 atom stereocenters. The third-order valence-electron chi connectivity index (χ3n) is 4.08. The van der Waals surface area contributed by atoms with Crippen LogP contribution in [0.4, 0.5) is 0 Å². The molecule has 1 aliphatic heterocycles. The Labute approximate surface area is 91.1 Å². The lowest BCUT2D eigenvalue weighted by Crippen LogP contribution is -2.52.